The smallest absolute Gasteiger partial charge is 0.191 e. The van der Waals surface area contributed by atoms with Gasteiger partial charge in [0.2, 0.25) is 0 Å². The van der Waals surface area contributed by atoms with Crippen molar-refractivity contribution in [1.82, 2.24) is 5.43 Å². The van der Waals surface area contributed by atoms with E-state index in [0.29, 0.717) is 10.1 Å². The second-order valence-electron chi connectivity index (χ2n) is 5.52. The molecule has 6 heteroatoms. The molecule has 3 rings (SSSR count). The summed E-state index contributed by atoms with van der Waals surface area (Å²) in [6.07, 6.45) is 4.48. The first-order chi connectivity index (χ1) is 13.1. The first-order valence-electron chi connectivity index (χ1n) is 8.36. The van der Waals surface area contributed by atoms with E-state index in [0.717, 1.165) is 34.5 Å². The van der Waals surface area contributed by atoms with Crippen LogP contribution in [0.5, 0.6) is 0 Å². The topological polar surface area (TPSA) is 48.8 Å². The molecule has 138 valence electrons. The molecule has 2 aromatic carbocycles. The second kappa shape index (κ2) is 10.4. The number of anilines is 1. The van der Waals surface area contributed by atoms with Crippen LogP contribution in [0.2, 0.25) is 5.02 Å². The lowest BCUT2D eigenvalue weighted by Crippen LogP contribution is -2.22. The predicted molar refractivity (Wildman–Crippen MR) is 121 cm³/mol. The maximum absolute atomic E-state index is 5.92. The number of para-hydroxylation sites is 1. The highest BCUT2D eigenvalue weighted by Gasteiger charge is 2.15. The van der Waals surface area contributed by atoms with E-state index in [9.17, 15) is 0 Å². The number of thiocarbonyl (C=S) groups is 1. The third-order valence-corrected chi connectivity index (χ3v) is 4.19. The molecule has 0 saturated heterocycles. The molecular formula is C21H21ClN4S. The van der Waals surface area contributed by atoms with Crippen LogP contribution in [0.15, 0.2) is 83.1 Å². The van der Waals surface area contributed by atoms with Gasteiger partial charge < -0.3 is 5.32 Å². The van der Waals surface area contributed by atoms with Gasteiger partial charge in [0.05, 0.1) is 5.71 Å². The lowest BCUT2D eigenvalue weighted by molar-refractivity contribution is 1.05. The molecule has 0 aromatic heterocycles. The highest BCUT2D eigenvalue weighted by molar-refractivity contribution is 7.80. The third kappa shape index (κ3) is 5.88. The molecule has 0 aliphatic carbocycles. The minimum absolute atomic E-state index is 0.483. The van der Waals surface area contributed by atoms with Gasteiger partial charge in [0.1, 0.15) is 0 Å². The van der Waals surface area contributed by atoms with Crippen LogP contribution >= 0.6 is 23.8 Å². The number of hydrogen-bond acceptors (Lipinski definition) is 3. The van der Waals surface area contributed by atoms with Gasteiger partial charge in [0.25, 0.3) is 0 Å². The third-order valence-electron chi connectivity index (χ3n) is 3.74. The summed E-state index contributed by atoms with van der Waals surface area (Å²) in [7, 11) is 0. The maximum atomic E-state index is 5.92. The van der Waals surface area contributed by atoms with Gasteiger partial charge in [-0.25, -0.2) is 0 Å². The summed E-state index contributed by atoms with van der Waals surface area (Å²) in [6, 6.07) is 15.5. The molecule has 0 fully saturated rings. The summed E-state index contributed by atoms with van der Waals surface area (Å²) in [6.45, 7) is 8.97. The monoisotopic (exact) mass is 396 g/mol. The zero-order valence-corrected chi connectivity index (χ0v) is 16.6. The number of rotatable bonds is 4. The van der Waals surface area contributed by atoms with Crippen molar-refractivity contribution in [3.8, 4) is 0 Å². The van der Waals surface area contributed by atoms with E-state index in [1.165, 1.54) is 0 Å². The van der Waals surface area contributed by atoms with Crippen molar-refractivity contribution in [3.05, 3.63) is 89.1 Å². The first-order valence-corrected chi connectivity index (χ1v) is 9.15. The Hall–Kier alpha value is -2.76. The Morgan fingerprint density at radius 1 is 1.22 bits per heavy atom. The standard InChI is InChI=1S/C14H10ClN3S.C7H11N/c15-10-7-5-9(6-8-10)13-11-3-1-2-4-12(11)16-14(19)18-17-13;1-4-7(5-2)6-8-3/h1-8H,(H2,16,18,19);4,6H,1,3,5H2,2H3/b;7-6+. The minimum Gasteiger partial charge on any atom is -0.331 e. The highest BCUT2D eigenvalue weighted by Crippen LogP contribution is 2.22. The van der Waals surface area contributed by atoms with E-state index in [4.69, 9.17) is 23.8 Å². The normalized spacial score (nSPS) is 12.9. The Bertz CT molecular complexity index is 885. The fourth-order valence-corrected chi connectivity index (χ4v) is 2.63. The summed E-state index contributed by atoms with van der Waals surface area (Å²) in [5.41, 5.74) is 7.70. The maximum Gasteiger partial charge on any atom is 0.191 e. The minimum atomic E-state index is 0.483. The molecule has 2 aromatic rings. The summed E-state index contributed by atoms with van der Waals surface area (Å²) >= 11 is 11.1. The molecular weight excluding hydrogens is 376 g/mol. The van der Waals surface area contributed by atoms with Crippen LogP contribution in [-0.4, -0.2) is 17.5 Å². The number of nitrogens with one attached hydrogen (secondary N) is 2. The van der Waals surface area contributed by atoms with Crippen LogP contribution in [-0.2, 0) is 0 Å². The van der Waals surface area contributed by atoms with Crippen LogP contribution in [0.25, 0.3) is 0 Å². The van der Waals surface area contributed by atoms with Crippen LogP contribution in [0.1, 0.15) is 24.5 Å². The van der Waals surface area contributed by atoms with Crippen molar-refractivity contribution in [3.63, 3.8) is 0 Å². The fourth-order valence-electron chi connectivity index (χ4n) is 2.35. The number of hydrogen-bond donors (Lipinski definition) is 2. The van der Waals surface area contributed by atoms with Gasteiger partial charge in [-0.1, -0.05) is 61.5 Å². The summed E-state index contributed by atoms with van der Waals surface area (Å²) in [5, 5.41) is 8.66. The first kappa shape index (κ1) is 20.6. The van der Waals surface area contributed by atoms with Crippen molar-refractivity contribution < 1.29 is 0 Å². The number of halogens is 1. The van der Waals surface area contributed by atoms with Gasteiger partial charge in [0.15, 0.2) is 5.11 Å². The molecule has 27 heavy (non-hydrogen) atoms. The molecule has 1 aliphatic rings. The second-order valence-corrected chi connectivity index (χ2v) is 6.37. The van der Waals surface area contributed by atoms with Gasteiger partial charge in [-0.05, 0) is 49.1 Å². The molecule has 0 saturated carbocycles. The molecule has 1 aliphatic heterocycles. The zero-order chi connectivity index (χ0) is 19.6. The van der Waals surface area contributed by atoms with Gasteiger partial charge in [-0.3, -0.25) is 10.4 Å². The molecule has 0 atom stereocenters. The van der Waals surface area contributed by atoms with Gasteiger partial charge in [-0.15, -0.1) is 0 Å². The molecule has 0 amide bonds. The Morgan fingerprint density at radius 2 is 1.93 bits per heavy atom. The molecule has 0 spiro atoms. The molecule has 1 heterocycles. The van der Waals surface area contributed by atoms with Crippen molar-refractivity contribution in [2.75, 3.05) is 5.32 Å². The van der Waals surface area contributed by atoms with Crippen molar-refractivity contribution in [1.29, 1.82) is 0 Å². The van der Waals surface area contributed by atoms with Crippen LogP contribution in [0, 0.1) is 0 Å². The fraction of sp³-hybridized carbons (Fsp3) is 0.0952. The number of aliphatic imine (C=N–C) groups is 1. The highest BCUT2D eigenvalue weighted by atomic mass is 35.5. The molecule has 0 radical (unpaired) electrons. The van der Waals surface area contributed by atoms with E-state index in [1.807, 2.05) is 48.5 Å². The summed E-state index contributed by atoms with van der Waals surface area (Å²) < 4.78 is 0. The van der Waals surface area contributed by atoms with E-state index in [1.54, 1.807) is 12.3 Å². The predicted octanol–water partition coefficient (Wildman–Crippen LogP) is 5.56. The number of benzene rings is 2. The van der Waals surface area contributed by atoms with E-state index in [-0.39, 0.29) is 0 Å². The number of nitrogens with zero attached hydrogens (tertiary/aromatic N) is 2. The Labute approximate surface area is 170 Å². The molecule has 4 nitrogen and oxygen atoms in total. The van der Waals surface area contributed by atoms with Crippen molar-refractivity contribution in [2.24, 2.45) is 10.1 Å². The van der Waals surface area contributed by atoms with Crippen molar-refractivity contribution in [2.45, 2.75) is 13.3 Å². The largest absolute Gasteiger partial charge is 0.331 e. The Balaban J connectivity index is 0.000000279. The average molecular weight is 397 g/mol. The lowest BCUT2D eigenvalue weighted by Gasteiger charge is -2.08. The van der Waals surface area contributed by atoms with Gasteiger partial charge in [0, 0.05) is 28.0 Å². The van der Waals surface area contributed by atoms with Crippen LogP contribution < -0.4 is 10.7 Å². The van der Waals surface area contributed by atoms with Crippen LogP contribution in [0.3, 0.4) is 0 Å². The van der Waals surface area contributed by atoms with E-state index < -0.39 is 0 Å². The van der Waals surface area contributed by atoms with E-state index >= 15 is 0 Å². The van der Waals surface area contributed by atoms with Crippen molar-refractivity contribution >= 4 is 47.0 Å². The molecule has 0 unspecified atom stereocenters. The Morgan fingerprint density at radius 3 is 2.52 bits per heavy atom. The Kier molecular flexibility index (Phi) is 7.92. The summed E-state index contributed by atoms with van der Waals surface area (Å²) in [4.78, 5) is 3.59. The number of allylic oxidation sites excluding steroid dienone is 2. The number of hydrazone groups is 1. The SMILES string of the molecule is C=C/C(=C\N=C)CC.S=C1NN=C(c2ccc(Cl)cc2)c2ccccc2N1. The van der Waals surface area contributed by atoms with Gasteiger partial charge >= 0.3 is 0 Å². The molecule has 0 bridgehead atoms. The van der Waals surface area contributed by atoms with Crippen LogP contribution in [0.4, 0.5) is 5.69 Å². The zero-order valence-electron chi connectivity index (χ0n) is 15.1. The lowest BCUT2D eigenvalue weighted by atomic mass is 10.0. The van der Waals surface area contributed by atoms with E-state index in [2.05, 4.69) is 41.1 Å². The quantitative estimate of drug-likeness (QED) is 0.404. The number of fused-ring (bicyclic) bond motifs is 1. The van der Waals surface area contributed by atoms with Gasteiger partial charge in [-0.2, -0.15) is 5.10 Å². The average Bonchev–Trinajstić information content (AvgIpc) is 2.85. The molecule has 2 N–H and O–H groups in total. The summed E-state index contributed by atoms with van der Waals surface area (Å²) in [5.74, 6) is 0.